The number of nitrogens with zero attached hydrogens (tertiary/aromatic N) is 2. The number of fused-ring (bicyclic) bond motifs is 1. The molecule has 2 atom stereocenters. The molecule has 4 rings (SSSR count). The molecule has 1 aromatic carbocycles. The number of rotatable bonds is 6. The van der Waals surface area contributed by atoms with E-state index in [4.69, 9.17) is 14.2 Å². The summed E-state index contributed by atoms with van der Waals surface area (Å²) in [6, 6.07) is 3.97. The van der Waals surface area contributed by atoms with Gasteiger partial charge in [0.1, 0.15) is 17.4 Å². The largest absolute Gasteiger partial charge is 0.494 e. The number of amides is 1. The molecule has 0 unspecified atom stereocenters. The molecular formula is C21H27N3O5S. The van der Waals surface area contributed by atoms with Crippen LogP contribution >= 0.6 is 11.3 Å². The minimum atomic E-state index is -0.260. The number of ether oxygens (including phenoxy) is 3. The van der Waals surface area contributed by atoms with E-state index in [0.717, 1.165) is 48.3 Å². The summed E-state index contributed by atoms with van der Waals surface area (Å²) >= 11 is 1.47. The highest BCUT2D eigenvalue weighted by Gasteiger charge is 2.29. The Morgan fingerprint density at radius 2 is 2.10 bits per heavy atom. The number of methoxy groups -OCH3 is 1. The van der Waals surface area contributed by atoms with Crippen LogP contribution in [-0.4, -0.2) is 56.4 Å². The second-order valence-electron chi connectivity index (χ2n) is 7.75. The predicted octanol–water partition coefficient (Wildman–Crippen LogP) is 3.20. The van der Waals surface area contributed by atoms with Crippen molar-refractivity contribution in [3.63, 3.8) is 0 Å². The molecule has 1 saturated heterocycles. The van der Waals surface area contributed by atoms with Crippen LogP contribution in [0.4, 0.5) is 10.8 Å². The molecule has 2 aromatic rings. The zero-order chi connectivity index (χ0) is 21.1. The van der Waals surface area contributed by atoms with Gasteiger partial charge in [0.05, 0.1) is 30.7 Å². The number of aromatic nitrogens is 1. The van der Waals surface area contributed by atoms with Crippen molar-refractivity contribution in [3.05, 3.63) is 12.1 Å². The Morgan fingerprint density at radius 3 is 2.83 bits per heavy atom. The quantitative estimate of drug-likeness (QED) is 0.700. The van der Waals surface area contributed by atoms with Crippen LogP contribution in [0.1, 0.15) is 32.6 Å². The van der Waals surface area contributed by atoms with Crippen LogP contribution in [-0.2, 0) is 19.1 Å². The summed E-state index contributed by atoms with van der Waals surface area (Å²) in [7, 11) is 1.63. The number of benzene rings is 1. The molecule has 1 amide bonds. The van der Waals surface area contributed by atoms with E-state index in [2.05, 4.69) is 15.2 Å². The Hall–Kier alpha value is -2.39. The van der Waals surface area contributed by atoms with E-state index in [-0.39, 0.29) is 23.9 Å². The third-order valence-corrected chi connectivity index (χ3v) is 6.60. The first-order valence-corrected chi connectivity index (χ1v) is 11.1. The van der Waals surface area contributed by atoms with Crippen molar-refractivity contribution in [2.75, 3.05) is 43.6 Å². The van der Waals surface area contributed by atoms with Crippen LogP contribution < -0.4 is 15.0 Å². The highest BCUT2D eigenvalue weighted by atomic mass is 32.1. The van der Waals surface area contributed by atoms with Gasteiger partial charge in [-0.25, -0.2) is 4.98 Å². The SMILES string of the molecule is COc1ccc(N2CCOCC2)c2sc(NC(=O)C[C@H]3CC[C@@H](OC(C)=O)C3)nc12. The van der Waals surface area contributed by atoms with Gasteiger partial charge in [0.15, 0.2) is 5.13 Å². The zero-order valence-corrected chi connectivity index (χ0v) is 18.1. The number of morpholine rings is 1. The molecular weight excluding hydrogens is 406 g/mol. The number of hydrogen-bond acceptors (Lipinski definition) is 8. The second kappa shape index (κ2) is 9.18. The van der Waals surface area contributed by atoms with Gasteiger partial charge in [0.2, 0.25) is 5.91 Å². The summed E-state index contributed by atoms with van der Waals surface area (Å²) in [5, 5.41) is 3.53. The Bertz CT molecular complexity index is 925. The summed E-state index contributed by atoms with van der Waals surface area (Å²) in [4.78, 5) is 30.6. The van der Waals surface area contributed by atoms with Crippen molar-refractivity contribution in [1.82, 2.24) is 4.98 Å². The lowest BCUT2D eigenvalue weighted by molar-refractivity contribution is -0.146. The minimum absolute atomic E-state index is 0.0607. The second-order valence-corrected chi connectivity index (χ2v) is 8.75. The molecule has 0 radical (unpaired) electrons. The normalized spacial score (nSPS) is 21.6. The van der Waals surface area contributed by atoms with Crippen LogP contribution in [0.2, 0.25) is 0 Å². The number of anilines is 2. The smallest absolute Gasteiger partial charge is 0.302 e. The summed E-state index contributed by atoms with van der Waals surface area (Å²) < 4.78 is 17.2. The van der Waals surface area contributed by atoms with E-state index in [0.29, 0.717) is 30.5 Å². The maximum atomic E-state index is 12.6. The Labute approximate surface area is 179 Å². The average Bonchev–Trinajstić information content (AvgIpc) is 3.33. The topological polar surface area (TPSA) is 90.0 Å². The summed E-state index contributed by atoms with van der Waals surface area (Å²) in [5.74, 6) is 0.597. The molecule has 1 aromatic heterocycles. The third kappa shape index (κ3) is 4.67. The van der Waals surface area contributed by atoms with Gasteiger partial charge < -0.3 is 24.4 Å². The first-order valence-electron chi connectivity index (χ1n) is 10.3. The number of esters is 1. The van der Waals surface area contributed by atoms with Gasteiger partial charge in [0, 0.05) is 26.4 Å². The highest BCUT2D eigenvalue weighted by molar-refractivity contribution is 7.23. The van der Waals surface area contributed by atoms with Crippen LogP contribution in [0, 0.1) is 5.92 Å². The summed E-state index contributed by atoms with van der Waals surface area (Å²) in [6.45, 7) is 4.47. The Morgan fingerprint density at radius 1 is 1.30 bits per heavy atom. The molecule has 8 nitrogen and oxygen atoms in total. The third-order valence-electron chi connectivity index (χ3n) is 5.60. The molecule has 0 bridgehead atoms. The molecule has 30 heavy (non-hydrogen) atoms. The Balaban J connectivity index is 1.46. The van der Waals surface area contributed by atoms with E-state index in [1.54, 1.807) is 7.11 Å². The van der Waals surface area contributed by atoms with Crippen molar-refractivity contribution in [2.24, 2.45) is 5.92 Å². The number of carbonyl (C=O) groups is 2. The maximum absolute atomic E-state index is 12.6. The fourth-order valence-corrected chi connectivity index (χ4v) is 5.27. The number of nitrogens with one attached hydrogen (secondary N) is 1. The summed E-state index contributed by atoms with van der Waals surface area (Å²) in [6.07, 6.45) is 2.78. The van der Waals surface area contributed by atoms with E-state index < -0.39 is 0 Å². The molecule has 2 aliphatic rings. The van der Waals surface area contributed by atoms with E-state index in [1.165, 1.54) is 18.3 Å². The standard InChI is InChI=1S/C21H27N3O5S/c1-13(25)29-15-4-3-14(11-15)12-18(26)22-21-23-19-17(27-2)6-5-16(20(19)30-21)24-7-9-28-10-8-24/h5-6,14-15H,3-4,7-12H2,1-2H3,(H,22,23,26)/t14-,15+/m0/s1. The van der Waals surface area contributed by atoms with Gasteiger partial charge >= 0.3 is 5.97 Å². The molecule has 1 aliphatic heterocycles. The van der Waals surface area contributed by atoms with Crippen molar-refractivity contribution >= 4 is 44.2 Å². The van der Waals surface area contributed by atoms with Crippen LogP contribution in [0.5, 0.6) is 5.75 Å². The lowest BCUT2D eigenvalue weighted by Gasteiger charge is -2.29. The monoisotopic (exact) mass is 433 g/mol. The average molecular weight is 434 g/mol. The zero-order valence-electron chi connectivity index (χ0n) is 17.3. The number of thiazole rings is 1. The van der Waals surface area contributed by atoms with Gasteiger partial charge in [-0.15, -0.1) is 0 Å². The lowest BCUT2D eigenvalue weighted by Crippen LogP contribution is -2.36. The lowest BCUT2D eigenvalue weighted by atomic mass is 10.0. The van der Waals surface area contributed by atoms with Gasteiger partial charge in [0.25, 0.3) is 0 Å². The molecule has 0 spiro atoms. The van der Waals surface area contributed by atoms with E-state index >= 15 is 0 Å². The molecule has 1 saturated carbocycles. The fraction of sp³-hybridized carbons (Fsp3) is 0.571. The molecule has 1 aliphatic carbocycles. The number of hydrogen-bond donors (Lipinski definition) is 1. The van der Waals surface area contributed by atoms with Crippen molar-refractivity contribution in [3.8, 4) is 5.75 Å². The molecule has 162 valence electrons. The van der Waals surface area contributed by atoms with Crippen molar-refractivity contribution < 1.29 is 23.8 Å². The first kappa shape index (κ1) is 20.9. The Kier molecular flexibility index (Phi) is 6.38. The maximum Gasteiger partial charge on any atom is 0.302 e. The fourth-order valence-electron chi connectivity index (χ4n) is 4.23. The predicted molar refractivity (Wildman–Crippen MR) is 115 cm³/mol. The molecule has 1 N–H and O–H groups in total. The van der Waals surface area contributed by atoms with Gasteiger partial charge in [-0.2, -0.15) is 0 Å². The van der Waals surface area contributed by atoms with Crippen molar-refractivity contribution in [2.45, 2.75) is 38.7 Å². The van der Waals surface area contributed by atoms with E-state index in [9.17, 15) is 9.59 Å². The highest BCUT2D eigenvalue weighted by Crippen LogP contribution is 2.40. The van der Waals surface area contributed by atoms with Gasteiger partial charge in [-0.05, 0) is 37.3 Å². The van der Waals surface area contributed by atoms with Crippen LogP contribution in [0.15, 0.2) is 12.1 Å². The number of carbonyl (C=O) groups excluding carboxylic acids is 2. The van der Waals surface area contributed by atoms with Gasteiger partial charge in [-0.3, -0.25) is 9.59 Å². The molecule has 9 heteroatoms. The van der Waals surface area contributed by atoms with Gasteiger partial charge in [-0.1, -0.05) is 11.3 Å². The molecule has 2 heterocycles. The van der Waals surface area contributed by atoms with E-state index in [1.807, 2.05) is 12.1 Å². The van der Waals surface area contributed by atoms with Crippen LogP contribution in [0.3, 0.4) is 0 Å². The van der Waals surface area contributed by atoms with Crippen molar-refractivity contribution in [1.29, 1.82) is 0 Å². The summed E-state index contributed by atoms with van der Waals surface area (Å²) in [5.41, 5.74) is 1.85. The van der Waals surface area contributed by atoms with Crippen LogP contribution in [0.25, 0.3) is 10.2 Å². The first-order chi connectivity index (χ1) is 14.5. The minimum Gasteiger partial charge on any atom is -0.494 e. The molecule has 2 fully saturated rings.